The molecule has 3 heteroatoms. The molecule has 0 amide bonds. The van der Waals surface area contributed by atoms with Gasteiger partial charge in [0.25, 0.3) is 0 Å². The van der Waals surface area contributed by atoms with Gasteiger partial charge in [0, 0.05) is 0 Å². The Bertz CT molecular complexity index is 895. The largest absolute Gasteiger partial charge is 1.00 e. The third kappa shape index (κ3) is 5.92. The van der Waals surface area contributed by atoms with E-state index in [1.807, 2.05) is 6.07 Å². The van der Waals surface area contributed by atoms with Crippen LogP contribution in [0.2, 0.25) is 0 Å². The van der Waals surface area contributed by atoms with Crippen LogP contribution in [0.3, 0.4) is 0 Å². The molecular formula is C28H30BrOP. The highest BCUT2D eigenvalue weighted by atomic mass is 79.9. The minimum Gasteiger partial charge on any atom is -1.00 e. The SMILES string of the molecule is C.[Br-].c1ccc(COCC[P+](c2ccccc2)(c2ccccc2)c2ccccc2)cc1. The molecule has 0 saturated carbocycles. The van der Waals surface area contributed by atoms with Crippen molar-refractivity contribution >= 4 is 23.2 Å². The third-order valence-corrected chi connectivity index (χ3v) is 9.67. The highest BCUT2D eigenvalue weighted by Gasteiger charge is 2.44. The van der Waals surface area contributed by atoms with E-state index in [4.69, 9.17) is 4.74 Å². The zero-order valence-electron chi connectivity index (χ0n) is 16.9. The summed E-state index contributed by atoms with van der Waals surface area (Å²) in [5.74, 6) is 0. The van der Waals surface area contributed by atoms with Gasteiger partial charge in [0.05, 0.1) is 19.4 Å². The summed E-state index contributed by atoms with van der Waals surface area (Å²) in [6, 6.07) is 43.3. The molecule has 4 aromatic rings. The van der Waals surface area contributed by atoms with E-state index in [1.54, 1.807) is 0 Å². The Labute approximate surface area is 198 Å². The molecule has 0 spiro atoms. The first-order valence-electron chi connectivity index (χ1n) is 10.1. The number of halogens is 1. The summed E-state index contributed by atoms with van der Waals surface area (Å²) in [6.07, 6.45) is 0.984. The van der Waals surface area contributed by atoms with Crippen LogP contribution in [0.5, 0.6) is 0 Å². The second-order valence-electron chi connectivity index (χ2n) is 7.08. The summed E-state index contributed by atoms with van der Waals surface area (Å²) >= 11 is 0. The van der Waals surface area contributed by atoms with Crippen molar-refractivity contribution in [3.05, 3.63) is 127 Å². The highest BCUT2D eigenvalue weighted by Crippen LogP contribution is 2.54. The molecule has 0 radical (unpaired) electrons. The van der Waals surface area contributed by atoms with Crippen LogP contribution < -0.4 is 32.9 Å². The molecule has 0 heterocycles. The van der Waals surface area contributed by atoms with Gasteiger partial charge in [0.1, 0.15) is 23.2 Å². The van der Waals surface area contributed by atoms with Gasteiger partial charge in [0.2, 0.25) is 0 Å². The molecule has 1 nitrogen and oxygen atoms in total. The molecule has 0 unspecified atom stereocenters. The maximum absolute atomic E-state index is 6.17. The molecule has 0 aliphatic carbocycles. The average Bonchev–Trinajstić information content (AvgIpc) is 2.82. The van der Waals surface area contributed by atoms with Gasteiger partial charge in [-0.15, -0.1) is 0 Å². The van der Waals surface area contributed by atoms with Gasteiger partial charge < -0.3 is 21.7 Å². The summed E-state index contributed by atoms with van der Waals surface area (Å²) in [4.78, 5) is 0. The third-order valence-electron chi connectivity index (χ3n) is 5.27. The molecule has 0 aliphatic rings. The van der Waals surface area contributed by atoms with E-state index in [2.05, 4.69) is 115 Å². The van der Waals surface area contributed by atoms with E-state index in [0.717, 1.165) is 12.8 Å². The molecule has 31 heavy (non-hydrogen) atoms. The van der Waals surface area contributed by atoms with Crippen molar-refractivity contribution in [2.75, 3.05) is 12.8 Å². The van der Waals surface area contributed by atoms with Crippen LogP contribution in [0.15, 0.2) is 121 Å². The van der Waals surface area contributed by atoms with Crippen LogP contribution in [-0.4, -0.2) is 12.8 Å². The Morgan fingerprint density at radius 1 is 0.516 bits per heavy atom. The topological polar surface area (TPSA) is 9.23 Å². The molecule has 0 fully saturated rings. The molecule has 0 saturated heterocycles. The summed E-state index contributed by atoms with van der Waals surface area (Å²) in [5.41, 5.74) is 1.22. The molecule has 0 N–H and O–H groups in total. The average molecular weight is 493 g/mol. The van der Waals surface area contributed by atoms with Gasteiger partial charge in [-0.25, -0.2) is 0 Å². The Morgan fingerprint density at radius 2 is 0.871 bits per heavy atom. The number of hydrogen-bond acceptors (Lipinski definition) is 1. The number of hydrogen-bond donors (Lipinski definition) is 0. The van der Waals surface area contributed by atoms with Gasteiger partial charge in [-0.3, -0.25) is 0 Å². The Morgan fingerprint density at radius 3 is 1.26 bits per heavy atom. The minimum absolute atomic E-state index is 0. The van der Waals surface area contributed by atoms with Crippen LogP contribution in [0.4, 0.5) is 0 Å². The fourth-order valence-corrected chi connectivity index (χ4v) is 7.96. The predicted octanol–water partition coefficient (Wildman–Crippen LogP) is 2.84. The first-order chi connectivity index (χ1) is 14.4. The second-order valence-corrected chi connectivity index (χ2v) is 10.7. The first kappa shape index (κ1) is 25.0. The summed E-state index contributed by atoms with van der Waals surface area (Å²) in [6.45, 7) is 1.38. The number of benzene rings is 4. The van der Waals surface area contributed by atoms with Gasteiger partial charge >= 0.3 is 0 Å². The lowest BCUT2D eigenvalue weighted by atomic mass is 10.2. The predicted molar refractivity (Wildman–Crippen MR) is 133 cm³/mol. The minimum atomic E-state index is -1.80. The van der Waals surface area contributed by atoms with Crippen LogP contribution in [0.1, 0.15) is 13.0 Å². The second kappa shape index (κ2) is 12.6. The van der Waals surface area contributed by atoms with E-state index in [9.17, 15) is 0 Å². The lowest BCUT2D eigenvalue weighted by Crippen LogP contribution is -3.00. The summed E-state index contributed by atoms with van der Waals surface area (Å²) in [7, 11) is -1.80. The van der Waals surface area contributed by atoms with E-state index in [-0.39, 0.29) is 24.4 Å². The molecule has 4 aromatic carbocycles. The fourth-order valence-electron chi connectivity index (χ4n) is 3.85. The Balaban J connectivity index is 0.00000171. The molecule has 0 aliphatic heterocycles. The van der Waals surface area contributed by atoms with E-state index >= 15 is 0 Å². The molecule has 0 bridgehead atoms. The first-order valence-corrected chi connectivity index (χ1v) is 12.0. The van der Waals surface area contributed by atoms with Crippen LogP contribution >= 0.6 is 7.26 Å². The van der Waals surface area contributed by atoms with Crippen molar-refractivity contribution in [1.29, 1.82) is 0 Å². The lowest BCUT2D eigenvalue weighted by Gasteiger charge is -2.27. The standard InChI is InChI=1S/C27H26OP.CH4.BrH/c1-5-13-24(14-6-1)23-28-21-22-29(25-15-7-2-8-16-25,26-17-9-3-10-18-26)27-19-11-4-12-20-27;;/h1-20H,21-23H2;1H4;1H/q+1;;/p-1. The number of ether oxygens (including phenoxy) is 1. The van der Waals surface area contributed by atoms with Crippen molar-refractivity contribution in [3.63, 3.8) is 0 Å². The molecule has 0 atom stereocenters. The molecule has 4 rings (SSSR count). The summed E-state index contributed by atoms with van der Waals surface area (Å²) in [5, 5.41) is 4.21. The van der Waals surface area contributed by atoms with Crippen molar-refractivity contribution in [3.8, 4) is 0 Å². The summed E-state index contributed by atoms with van der Waals surface area (Å²) < 4.78 is 6.17. The van der Waals surface area contributed by atoms with Crippen molar-refractivity contribution in [2.24, 2.45) is 0 Å². The Hall–Kier alpha value is -2.25. The zero-order valence-corrected chi connectivity index (χ0v) is 19.4. The normalized spacial score (nSPS) is 10.6. The zero-order chi connectivity index (χ0) is 19.8. The monoisotopic (exact) mass is 492 g/mol. The maximum Gasteiger partial charge on any atom is 0.114 e. The van der Waals surface area contributed by atoms with Gasteiger partial charge in [0.15, 0.2) is 0 Å². The van der Waals surface area contributed by atoms with Crippen molar-refractivity contribution in [2.45, 2.75) is 14.0 Å². The van der Waals surface area contributed by atoms with Crippen LogP contribution in [0, 0.1) is 0 Å². The van der Waals surface area contributed by atoms with Gasteiger partial charge in [-0.05, 0) is 42.0 Å². The molecular weight excluding hydrogens is 463 g/mol. The van der Waals surface area contributed by atoms with Crippen LogP contribution in [-0.2, 0) is 11.3 Å². The van der Waals surface area contributed by atoms with E-state index in [0.29, 0.717) is 6.61 Å². The quantitative estimate of drug-likeness (QED) is 0.271. The van der Waals surface area contributed by atoms with Gasteiger partial charge in [-0.2, -0.15) is 0 Å². The fraction of sp³-hybridized carbons (Fsp3) is 0.143. The molecule has 160 valence electrons. The lowest BCUT2D eigenvalue weighted by molar-refractivity contribution is -0.00000657. The van der Waals surface area contributed by atoms with E-state index in [1.165, 1.54) is 21.5 Å². The van der Waals surface area contributed by atoms with Crippen molar-refractivity contribution < 1.29 is 21.7 Å². The highest BCUT2D eigenvalue weighted by molar-refractivity contribution is 7.95. The molecule has 0 aromatic heterocycles. The van der Waals surface area contributed by atoms with E-state index < -0.39 is 7.26 Å². The smallest absolute Gasteiger partial charge is 0.114 e. The maximum atomic E-state index is 6.17. The van der Waals surface area contributed by atoms with Crippen molar-refractivity contribution in [1.82, 2.24) is 0 Å². The number of rotatable bonds is 8. The van der Waals surface area contributed by atoms with Gasteiger partial charge in [-0.1, -0.05) is 92.4 Å². The Kier molecular flexibility index (Phi) is 10.1. The van der Waals surface area contributed by atoms with Crippen LogP contribution in [0.25, 0.3) is 0 Å².